The van der Waals surface area contributed by atoms with Gasteiger partial charge in [-0.2, -0.15) is 0 Å². The Labute approximate surface area is 199 Å². The Morgan fingerprint density at radius 2 is 1.59 bits per heavy atom. The number of anilines is 2. The first kappa shape index (κ1) is 27.0. The van der Waals surface area contributed by atoms with Crippen LogP contribution in [-0.4, -0.2) is 54.7 Å². The highest BCUT2D eigenvalue weighted by atomic mass is 19.1. The number of halogens is 1. The Kier molecular flexibility index (Phi) is 8.57. The summed E-state index contributed by atoms with van der Waals surface area (Å²) in [7, 11) is 0. The normalized spacial score (nSPS) is 16.1. The van der Waals surface area contributed by atoms with Crippen molar-refractivity contribution in [2.75, 3.05) is 23.3 Å². The maximum Gasteiger partial charge on any atom is 0.410 e. The molecule has 0 saturated carbocycles. The molecule has 0 aliphatic carbocycles. The first-order valence-corrected chi connectivity index (χ1v) is 11.2. The molecular formula is C23H36FN5O5. The van der Waals surface area contributed by atoms with Crippen LogP contribution in [0.3, 0.4) is 0 Å². The maximum atomic E-state index is 14.9. The number of amides is 3. The molecule has 1 fully saturated rings. The van der Waals surface area contributed by atoms with Crippen LogP contribution in [0.4, 0.5) is 25.4 Å². The van der Waals surface area contributed by atoms with Gasteiger partial charge in [-0.25, -0.2) is 14.0 Å². The van der Waals surface area contributed by atoms with Gasteiger partial charge in [0.2, 0.25) is 5.91 Å². The second-order valence-electron chi connectivity index (χ2n) is 10.2. The van der Waals surface area contributed by atoms with Crippen molar-refractivity contribution < 1.29 is 28.2 Å². The largest absolute Gasteiger partial charge is 0.444 e. The van der Waals surface area contributed by atoms with Crippen LogP contribution in [0.1, 0.15) is 54.9 Å². The third-order valence-electron chi connectivity index (χ3n) is 4.54. The Balaban J connectivity index is 2.12. The summed E-state index contributed by atoms with van der Waals surface area (Å²) in [5.41, 5.74) is -0.817. The molecule has 1 saturated heterocycles. The summed E-state index contributed by atoms with van der Waals surface area (Å²) >= 11 is 0. The van der Waals surface area contributed by atoms with Crippen molar-refractivity contribution in [2.24, 2.45) is 0 Å². The molecule has 190 valence electrons. The molecule has 1 heterocycles. The monoisotopic (exact) mass is 481 g/mol. The van der Waals surface area contributed by atoms with Crippen LogP contribution >= 0.6 is 0 Å². The average molecular weight is 482 g/mol. The van der Waals surface area contributed by atoms with Crippen molar-refractivity contribution in [3.05, 3.63) is 24.0 Å². The van der Waals surface area contributed by atoms with E-state index in [1.54, 1.807) is 47.6 Å². The van der Waals surface area contributed by atoms with Gasteiger partial charge < -0.3 is 25.0 Å². The maximum absolute atomic E-state index is 14.9. The van der Waals surface area contributed by atoms with Gasteiger partial charge in [0.05, 0.1) is 5.69 Å². The van der Waals surface area contributed by atoms with Crippen LogP contribution in [0.25, 0.3) is 0 Å². The number of nitrogens with one attached hydrogen (secondary N) is 4. The van der Waals surface area contributed by atoms with E-state index < -0.39 is 35.5 Å². The molecule has 0 radical (unpaired) electrons. The number of nitrogens with zero attached hydrogens (tertiary/aromatic N) is 1. The summed E-state index contributed by atoms with van der Waals surface area (Å²) in [6, 6.07) is 4.60. The minimum atomic E-state index is -1.21. The quantitative estimate of drug-likeness (QED) is 0.460. The molecule has 0 aromatic heterocycles. The van der Waals surface area contributed by atoms with E-state index in [9.17, 15) is 18.8 Å². The lowest BCUT2D eigenvalue weighted by molar-refractivity contribution is -0.119. The van der Waals surface area contributed by atoms with Gasteiger partial charge in [-0.15, -0.1) is 0 Å². The number of ether oxygens (including phenoxy) is 2. The third-order valence-corrected chi connectivity index (χ3v) is 4.54. The van der Waals surface area contributed by atoms with Crippen LogP contribution in [0.15, 0.2) is 18.2 Å². The van der Waals surface area contributed by atoms with Gasteiger partial charge in [-0.3, -0.25) is 15.4 Å². The van der Waals surface area contributed by atoms with E-state index in [0.29, 0.717) is 18.8 Å². The molecule has 10 nitrogen and oxygen atoms in total. The summed E-state index contributed by atoms with van der Waals surface area (Å²) in [5.74, 6) is -0.680. The average Bonchev–Trinajstić information content (AvgIpc) is 3.07. The number of benzene rings is 1. The van der Waals surface area contributed by atoms with Gasteiger partial charge in [-0.05, 0) is 66.2 Å². The van der Waals surface area contributed by atoms with Crippen molar-refractivity contribution >= 4 is 29.5 Å². The lowest BCUT2D eigenvalue weighted by Gasteiger charge is -2.27. The van der Waals surface area contributed by atoms with Crippen molar-refractivity contribution in [3.63, 3.8) is 0 Å². The predicted molar refractivity (Wildman–Crippen MR) is 127 cm³/mol. The second-order valence-corrected chi connectivity index (χ2v) is 10.2. The molecule has 1 atom stereocenters. The SMILES string of the molecule is CC(=O)N[C@@H]1CCN(c2ccc(NC(NC(=O)OC(C)(C)C)NC(=O)OC(C)(C)C)c(F)c2)C1. The third kappa shape index (κ3) is 9.32. The molecule has 1 aromatic carbocycles. The lowest BCUT2D eigenvalue weighted by atomic mass is 10.2. The zero-order valence-corrected chi connectivity index (χ0v) is 20.9. The van der Waals surface area contributed by atoms with Gasteiger partial charge in [0.1, 0.15) is 17.0 Å². The van der Waals surface area contributed by atoms with Gasteiger partial charge in [0, 0.05) is 31.7 Å². The molecule has 11 heteroatoms. The number of rotatable bonds is 6. The molecule has 1 aliphatic heterocycles. The van der Waals surface area contributed by atoms with E-state index in [-0.39, 0.29) is 17.6 Å². The van der Waals surface area contributed by atoms with Gasteiger partial charge in [-0.1, -0.05) is 0 Å². The van der Waals surface area contributed by atoms with E-state index in [2.05, 4.69) is 21.3 Å². The summed E-state index contributed by atoms with van der Waals surface area (Å²) in [6.45, 7) is 12.9. The predicted octanol–water partition coefficient (Wildman–Crippen LogP) is 3.29. The molecule has 1 aliphatic rings. The van der Waals surface area contributed by atoms with Gasteiger partial charge >= 0.3 is 12.2 Å². The Morgan fingerprint density at radius 3 is 2.06 bits per heavy atom. The van der Waals surface area contributed by atoms with Crippen LogP contribution in [0, 0.1) is 5.82 Å². The highest BCUT2D eigenvalue weighted by Gasteiger charge is 2.26. The number of carbonyl (C=O) groups is 3. The fourth-order valence-corrected chi connectivity index (χ4v) is 3.33. The highest BCUT2D eigenvalue weighted by molar-refractivity contribution is 5.74. The summed E-state index contributed by atoms with van der Waals surface area (Å²) in [6.07, 6.45) is -2.05. The molecule has 34 heavy (non-hydrogen) atoms. The van der Waals surface area contributed by atoms with Crippen LogP contribution in [0.2, 0.25) is 0 Å². The smallest absolute Gasteiger partial charge is 0.410 e. The Bertz CT molecular complexity index is 867. The molecule has 1 aromatic rings. The van der Waals surface area contributed by atoms with Gasteiger partial charge in [0.25, 0.3) is 0 Å². The number of carbonyl (C=O) groups excluding carboxylic acids is 3. The van der Waals surface area contributed by atoms with Crippen molar-refractivity contribution in [3.8, 4) is 0 Å². The molecule has 0 spiro atoms. The topological polar surface area (TPSA) is 121 Å². The van der Waals surface area contributed by atoms with Gasteiger partial charge in [0.15, 0.2) is 6.29 Å². The molecule has 2 rings (SSSR count). The first-order valence-electron chi connectivity index (χ1n) is 11.2. The Morgan fingerprint density at radius 1 is 1.03 bits per heavy atom. The highest BCUT2D eigenvalue weighted by Crippen LogP contribution is 2.25. The van der Waals surface area contributed by atoms with Crippen LogP contribution in [0.5, 0.6) is 0 Å². The minimum Gasteiger partial charge on any atom is -0.444 e. The van der Waals surface area contributed by atoms with E-state index in [1.165, 1.54) is 19.1 Å². The van der Waals surface area contributed by atoms with E-state index >= 15 is 0 Å². The fraction of sp³-hybridized carbons (Fsp3) is 0.609. The van der Waals surface area contributed by atoms with Crippen molar-refractivity contribution in [1.82, 2.24) is 16.0 Å². The minimum absolute atomic E-state index is 0.0128. The summed E-state index contributed by atoms with van der Waals surface area (Å²) < 4.78 is 25.4. The standard InChI is InChI=1S/C23H36FN5O5/c1-14(30)25-15-10-11-29(13-15)16-8-9-18(17(24)12-16)26-19(27-20(31)33-22(2,3)4)28-21(32)34-23(5,6)7/h8-9,12,15,19,26H,10-11,13H2,1-7H3,(H,25,30)(H,27,31)(H,28,32)/t15-/m1/s1. The van der Waals surface area contributed by atoms with E-state index in [0.717, 1.165) is 6.42 Å². The fourth-order valence-electron chi connectivity index (χ4n) is 3.33. The zero-order chi connectivity index (χ0) is 25.7. The number of hydrogen-bond donors (Lipinski definition) is 4. The van der Waals surface area contributed by atoms with Crippen molar-refractivity contribution in [2.45, 2.75) is 78.4 Å². The number of alkyl carbamates (subject to hydrolysis) is 2. The molecule has 0 bridgehead atoms. The Hall–Kier alpha value is -3.24. The van der Waals surface area contributed by atoms with Crippen LogP contribution < -0.4 is 26.2 Å². The van der Waals surface area contributed by atoms with Crippen LogP contribution in [-0.2, 0) is 14.3 Å². The molecule has 3 amide bonds. The zero-order valence-electron chi connectivity index (χ0n) is 20.9. The molecule has 0 unspecified atom stereocenters. The van der Waals surface area contributed by atoms with E-state index in [4.69, 9.17) is 9.47 Å². The second kappa shape index (κ2) is 10.8. The summed E-state index contributed by atoms with van der Waals surface area (Å²) in [5, 5.41) is 10.5. The summed E-state index contributed by atoms with van der Waals surface area (Å²) in [4.78, 5) is 37.8. The number of hydrogen-bond acceptors (Lipinski definition) is 7. The van der Waals surface area contributed by atoms with Crippen molar-refractivity contribution in [1.29, 1.82) is 0 Å². The molecular weight excluding hydrogens is 445 g/mol. The molecule has 4 N–H and O–H groups in total. The lowest BCUT2D eigenvalue weighted by Crippen LogP contribution is -2.54. The van der Waals surface area contributed by atoms with E-state index in [1.807, 2.05) is 4.90 Å². The first-order chi connectivity index (χ1) is 15.6.